The van der Waals surface area contributed by atoms with Crippen LogP contribution in [-0.2, 0) is 0 Å². The zero-order valence-corrected chi connectivity index (χ0v) is 21.4. The molecule has 1 aliphatic rings. The van der Waals surface area contributed by atoms with Gasteiger partial charge in [-0.15, -0.1) is 0 Å². The average Bonchev–Trinajstić information content (AvgIpc) is 3.39. The van der Waals surface area contributed by atoms with Crippen molar-refractivity contribution in [2.24, 2.45) is 0 Å². The lowest BCUT2D eigenvalue weighted by molar-refractivity contribution is 0.0382. The van der Waals surface area contributed by atoms with E-state index < -0.39 is 0 Å². The number of nitrogen functional groups attached to an aromatic ring is 1. The van der Waals surface area contributed by atoms with Crippen LogP contribution in [-0.4, -0.2) is 63.8 Å². The molecule has 0 spiro atoms. The van der Waals surface area contributed by atoms with Crippen LogP contribution in [0, 0.1) is 6.92 Å². The molecule has 5 rings (SSSR count). The van der Waals surface area contributed by atoms with Gasteiger partial charge >= 0.3 is 0 Å². The van der Waals surface area contributed by atoms with Crippen molar-refractivity contribution in [3.05, 3.63) is 119 Å². The Balaban J connectivity index is 1.44. The summed E-state index contributed by atoms with van der Waals surface area (Å²) in [5.41, 5.74) is 10.6. The second-order valence-electron chi connectivity index (χ2n) is 9.67. The summed E-state index contributed by atoms with van der Waals surface area (Å²) in [4.78, 5) is 37.7. The first-order chi connectivity index (χ1) is 18.5. The minimum atomic E-state index is -0.169. The Morgan fingerprint density at radius 1 is 1.03 bits per heavy atom. The normalized spacial score (nSPS) is 15.9. The van der Waals surface area contributed by atoms with Gasteiger partial charge in [0, 0.05) is 50.8 Å². The van der Waals surface area contributed by atoms with E-state index in [9.17, 15) is 9.59 Å². The number of nitrogens with two attached hydrogens (primary N) is 1. The van der Waals surface area contributed by atoms with Gasteiger partial charge in [-0.05, 0) is 35.7 Å². The van der Waals surface area contributed by atoms with E-state index in [1.165, 1.54) is 6.20 Å². The number of carbonyl (C=O) groups is 2. The molecule has 194 valence electrons. The highest BCUT2D eigenvalue weighted by Crippen LogP contribution is 2.32. The highest BCUT2D eigenvalue weighted by atomic mass is 16.2. The molecule has 1 saturated heterocycles. The van der Waals surface area contributed by atoms with E-state index in [4.69, 9.17) is 5.73 Å². The highest BCUT2D eigenvalue weighted by Gasteiger charge is 2.36. The molecular formula is C30H32N6O2. The molecule has 1 unspecified atom stereocenters. The fourth-order valence-electron chi connectivity index (χ4n) is 5.12. The Kier molecular flexibility index (Phi) is 7.51. The van der Waals surface area contributed by atoms with Crippen molar-refractivity contribution in [2.45, 2.75) is 19.0 Å². The molecule has 8 nitrogen and oxygen atoms in total. The summed E-state index contributed by atoms with van der Waals surface area (Å²) in [6.45, 7) is 3.96. The Bertz CT molecular complexity index is 1350. The van der Waals surface area contributed by atoms with Crippen LogP contribution in [0.3, 0.4) is 0 Å². The van der Waals surface area contributed by atoms with Gasteiger partial charge in [0.25, 0.3) is 11.8 Å². The Morgan fingerprint density at radius 3 is 2.32 bits per heavy atom. The number of nitrogens with zero attached hydrogens (tertiary/aromatic N) is 3. The predicted octanol–water partition coefficient (Wildman–Crippen LogP) is 3.65. The average molecular weight is 509 g/mol. The molecule has 38 heavy (non-hydrogen) atoms. The van der Waals surface area contributed by atoms with E-state index in [0.717, 1.165) is 16.7 Å². The van der Waals surface area contributed by atoms with Crippen LogP contribution in [0.1, 0.15) is 43.6 Å². The molecule has 1 aliphatic heterocycles. The molecule has 4 N–H and O–H groups in total. The number of H-pyrrole nitrogens is 1. The summed E-state index contributed by atoms with van der Waals surface area (Å²) < 4.78 is 0. The smallest absolute Gasteiger partial charge is 0.267 e. The number of aromatic amines is 1. The van der Waals surface area contributed by atoms with E-state index in [-0.39, 0.29) is 23.9 Å². The maximum absolute atomic E-state index is 13.4. The fourth-order valence-corrected chi connectivity index (χ4v) is 5.12. The molecule has 2 aromatic heterocycles. The Labute approximate surface area is 222 Å². The number of amides is 2. The highest BCUT2D eigenvalue weighted by molar-refractivity contribution is 5.95. The maximum atomic E-state index is 13.4. The second kappa shape index (κ2) is 11.3. The van der Waals surface area contributed by atoms with E-state index in [0.29, 0.717) is 43.1 Å². The minimum Gasteiger partial charge on any atom is -0.397 e. The summed E-state index contributed by atoms with van der Waals surface area (Å²) in [7, 11) is 0. The van der Waals surface area contributed by atoms with Gasteiger partial charge in [-0.25, -0.2) is 0 Å². The van der Waals surface area contributed by atoms with Gasteiger partial charge in [-0.3, -0.25) is 19.5 Å². The topological polar surface area (TPSA) is 107 Å². The minimum absolute atomic E-state index is 0.0293. The SMILES string of the molecule is Cc1c[nH]c(C(=O)NCC2CN(C(=O)c3cncc(N)c3)CCN2C(c2ccccc2)c2ccccc2)c1. The van der Waals surface area contributed by atoms with Crippen LogP contribution in [0.4, 0.5) is 5.69 Å². The lowest BCUT2D eigenvalue weighted by Crippen LogP contribution is -2.59. The monoisotopic (exact) mass is 508 g/mol. The number of rotatable bonds is 7. The Morgan fingerprint density at radius 2 is 1.71 bits per heavy atom. The first-order valence-electron chi connectivity index (χ1n) is 12.8. The molecular weight excluding hydrogens is 476 g/mol. The van der Waals surface area contributed by atoms with Crippen molar-refractivity contribution >= 4 is 17.5 Å². The van der Waals surface area contributed by atoms with Crippen LogP contribution in [0.2, 0.25) is 0 Å². The molecule has 8 heteroatoms. The molecule has 4 aromatic rings. The number of carbonyl (C=O) groups excluding carboxylic acids is 2. The van der Waals surface area contributed by atoms with Crippen molar-refractivity contribution < 1.29 is 9.59 Å². The van der Waals surface area contributed by atoms with Crippen LogP contribution in [0.15, 0.2) is 91.4 Å². The number of hydrogen-bond donors (Lipinski definition) is 3. The predicted molar refractivity (Wildman–Crippen MR) is 148 cm³/mol. The number of piperazine rings is 1. The molecule has 2 amide bonds. The fraction of sp³-hybridized carbons (Fsp3) is 0.233. The van der Waals surface area contributed by atoms with E-state index in [2.05, 4.69) is 44.5 Å². The summed E-state index contributed by atoms with van der Waals surface area (Å²) in [6.07, 6.45) is 4.88. The number of aromatic nitrogens is 2. The molecule has 1 fully saturated rings. The zero-order chi connectivity index (χ0) is 26.5. The molecule has 0 aliphatic carbocycles. The summed E-state index contributed by atoms with van der Waals surface area (Å²) in [6, 6.07) is 24.0. The molecule has 0 radical (unpaired) electrons. The van der Waals surface area contributed by atoms with Crippen LogP contribution < -0.4 is 11.1 Å². The number of nitrogens with one attached hydrogen (secondary N) is 2. The van der Waals surface area contributed by atoms with E-state index in [1.807, 2.05) is 60.5 Å². The zero-order valence-electron chi connectivity index (χ0n) is 21.4. The molecule has 1 atom stereocenters. The third-order valence-electron chi connectivity index (χ3n) is 6.95. The van der Waals surface area contributed by atoms with Crippen LogP contribution >= 0.6 is 0 Å². The molecule has 3 heterocycles. The van der Waals surface area contributed by atoms with Crippen molar-refractivity contribution in [1.82, 2.24) is 25.1 Å². The lowest BCUT2D eigenvalue weighted by Gasteiger charge is -2.45. The lowest BCUT2D eigenvalue weighted by atomic mass is 9.94. The number of anilines is 1. The van der Waals surface area contributed by atoms with Gasteiger partial charge in [-0.2, -0.15) is 0 Å². The van der Waals surface area contributed by atoms with Crippen molar-refractivity contribution in [1.29, 1.82) is 0 Å². The summed E-state index contributed by atoms with van der Waals surface area (Å²) in [5, 5.41) is 3.10. The first-order valence-corrected chi connectivity index (χ1v) is 12.8. The van der Waals surface area contributed by atoms with Crippen molar-refractivity contribution in [3.63, 3.8) is 0 Å². The molecule has 0 bridgehead atoms. The maximum Gasteiger partial charge on any atom is 0.267 e. The standard InChI is InChI=1S/C30H32N6O2/c1-21-14-27(33-16-21)29(37)34-19-26-20-35(30(38)24-15-25(31)18-32-17-24)12-13-36(26)28(22-8-4-2-5-9-22)23-10-6-3-7-11-23/h2-11,14-18,26,28,33H,12-13,19-20,31H2,1H3,(H,34,37). The van der Waals surface area contributed by atoms with Gasteiger partial charge in [0.2, 0.25) is 0 Å². The largest absolute Gasteiger partial charge is 0.397 e. The third-order valence-corrected chi connectivity index (χ3v) is 6.95. The van der Waals surface area contributed by atoms with Gasteiger partial charge in [-0.1, -0.05) is 60.7 Å². The molecule has 2 aromatic carbocycles. The van der Waals surface area contributed by atoms with Gasteiger partial charge < -0.3 is 20.9 Å². The summed E-state index contributed by atoms with van der Waals surface area (Å²) >= 11 is 0. The van der Waals surface area contributed by atoms with Gasteiger partial charge in [0.05, 0.1) is 17.3 Å². The number of hydrogen-bond acceptors (Lipinski definition) is 5. The van der Waals surface area contributed by atoms with Crippen molar-refractivity contribution in [3.8, 4) is 0 Å². The first kappa shape index (κ1) is 25.2. The molecule has 0 saturated carbocycles. The third kappa shape index (κ3) is 5.60. The van der Waals surface area contributed by atoms with Crippen LogP contribution in [0.5, 0.6) is 0 Å². The quantitative estimate of drug-likeness (QED) is 0.353. The van der Waals surface area contributed by atoms with Crippen LogP contribution in [0.25, 0.3) is 0 Å². The number of aryl methyl sites for hydroxylation is 1. The number of benzene rings is 2. The Hall–Kier alpha value is -4.43. The van der Waals surface area contributed by atoms with Gasteiger partial charge in [0.15, 0.2) is 0 Å². The second-order valence-corrected chi connectivity index (χ2v) is 9.67. The number of pyridine rings is 1. The summed E-state index contributed by atoms with van der Waals surface area (Å²) in [5.74, 6) is -0.283. The van der Waals surface area contributed by atoms with Crippen molar-refractivity contribution in [2.75, 3.05) is 31.9 Å². The van der Waals surface area contributed by atoms with Gasteiger partial charge in [0.1, 0.15) is 5.69 Å². The van der Waals surface area contributed by atoms with E-state index in [1.54, 1.807) is 12.3 Å². The van der Waals surface area contributed by atoms with E-state index >= 15 is 0 Å².